The molecule has 3 atom stereocenters. The fraction of sp³-hybridized carbons (Fsp3) is 0.185. The second-order valence-corrected chi connectivity index (χ2v) is 10.0. The van der Waals surface area contributed by atoms with Crippen LogP contribution >= 0.6 is 22.6 Å². The summed E-state index contributed by atoms with van der Waals surface area (Å²) in [6.07, 6.45) is -0.907. The standard InChI is InChI=1S/C27H18INO5/c1-14-10-12-15(13-11-14)22-20-21(26(33)29(25(20)32)19-9-5-4-8-18(19)28)27(34-22)23(30)16-6-2-3-7-17(16)24(27)31/h2-13,20-22H,1H3/t20-,21-,22+/m0/s1. The molecule has 0 N–H and O–H groups in total. The van der Waals surface area contributed by atoms with Crippen molar-refractivity contribution in [3.8, 4) is 0 Å². The first-order chi connectivity index (χ1) is 16.4. The van der Waals surface area contributed by atoms with E-state index in [1.54, 1.807) is 42.5 Å². The number of benzene rings is 3. The molecule has 1 aliphatic carbocycles. The highest BCUT2D eigenvalue weighted by atomic mass is 127. The van der Waals surface area contributed by atoms with Crippen molar-refractivity contribution in [3.63, 3.8) is 0 Å². The first-order valence-electron chi connectivity index (χ1n) is 10.9. The third-order valence-corrected chi connectivity index (χ3v) is 7.93. The molecule has 7 heteroatoms. The van der Waals surface area contributed by atoms with Gasteiger partial charge in [0.2, 0.25) is 29.0 Å². The van der Waals surface area contributed by atoms with Crippen LogP contribution in [0.5, 0.6) is 0 Å². The molecule has 2 aliphatic heterocycles. The summed E-state index contributed by atoms with van der Waals surface area (Å²) in [6, 6.07) is 20.9. The van der Waals surface area contributed by atoms with Crippen LogP contribution in [0.4, 0.5) is 5.69 Å². The lowest BCUT2D eigenvalue weighted by Gasteiger charge is -2.27. The topological polar surface area (TPSA) is 80.8 Å². The number of carbonyl (C=O) groups is 4. The molecule has 0 unspecified atom stereocenters. The van der Waals surface area contributed by atoms with Crippen molar-refractivity contribution in [2.75, 3.05) is 4.90 Å². The summed E-state index contributed by atoms with van der Waals surface area (Å²) >= 11 is 2.07. The number of ketones is 2. The van der Waals surface area contributed by atoms with Crippen molar-refractivity contribution in [1.29, 1.82) is 0 Å². The van der Waals surface area contributed by atoms with Crippen LogP contribution in [0.15, 0.2) is 72.8 Å². The largest absolute Gasteiger partial charge is 0.349 e. The zero-order valence-corrected chi connectivity index (χ0v) is 20.2. The number of halogens is 1. The maximum absolute atomic E-state index is 13.9. The number of fused-ring (bicyclic) bond motifs is 3. The molecular formula is C27H18INO5. The van der Waals surface area contributed by atoms with Gasteiger partial charge in [-0.1, -0.05) is 66.2 Å². The SMILES string of the molecule is Cc1ccc([C@H]2OC3(C(=O)c4ccccc4C3=O)[C@@H]3C(=O)N(c4ccccc4I)C(=O)[C@H]23)cc1. The Balaban J connectivity index is 1.56. The Labute approximate surface area is 209 Å². The Morgan fingerprint density at radius 1 is 0.794 bits per heavy atom. The number of Topliss-reactive ketones (excluding diaryl/α,β-unsaturated/α-hetero) is 2. The Kier molecular flexibility index (Phi) is 4.66. The van der Waals surface area contributed by atoms with Crippen LogP contribution in [0.25, 0.3) is 0 Å². The molecule has 0 radical (unpaired) electrons. The molecule has 168 valence electrons. The Morgan fingerprint density at radius 2 is 1.38 bits per heavy atom. The second kappa shape index (κ2) is 7.41. The third-order valence-electron chi connectivity index (χ3n) is 7.02. The van der Waals surface area contributed by atoms with E-state index >= 15 is 0 Å². The monoisotopic (exact) mass is 563 g/mol. The second-order valence-electron chi connectivity index (χ2n) is 8.86. The van der Waals surface area contributed by atoms with Gasteiger partial charge in [-0.15, -0.1) is 0 Å². The van der Waals surface area contributed by atoms with Gasteiger partial charge < -0.3 is 4.74 Å². The lowest BCUT2D eigenvalue weighted by molar-refractivity contribution is -0.127. The average Bonchev–Trinajstić information content (AvgIpc) is 3.40. The normalized spacial score (nSPS) is 24.8. The summed E-state index contributed by atoms with van der Waals surface area (Å²) in [5.41, 5.74) is 0.516. The van der Waals surface area contributed by atoms with Gasteiger partial charge in [0, 0.05) is 14.7 Å². The summed E-state index contributed by atoms with van der Waals surface area (Å²) in [4.78, 5) is 56.3. The van der Waals surface area contributed by atoms with Crippen molar-refractivity contribution >= 4 is 51.7 Å². The quantitative estimate of drug-likeness (QED) is 0.264. The van der Waals surface area contributed by atoms with E-state index in [9.17, 15) is 19.2 Å². The van der Waals surface area contributed by atoms with E-state index in [-0.39, 0.29) is 11.1 Å². The van der Waals surface area contributed by atoms with Crippen molar-refractivity contribution in [1.82, 2.24) is 0 Å². The number of ether oxygens (including phenoxy) is 1. The van der Waals surface area contributed by atoms with E-state index in [2.05, 4.69) is 22.6 Å². The Bertz CT molecular complexity index is 1380. The van der Waals surface area contributed by atoms with Crippen molar-refractivity contribution in [3.05, 3.63) is 98.6 Å². The van der Waals surface area contributed by atoms with E-state index < -0.39 is 46.9 Å². The zero-order chi connectivity index (χ0) is 23.8. The van der Waals surface area contributed by atoms with E-state index in [4.69, 9.17) is 4.74 Å². The summed E-state index contributed by atoms with van der Waals surface area (Å²) in [7, 11) is 0. The first-order valence-corrected chi connectivity index (χ1v) is 12.0. The Hall–Kier alpha value is -3.17. The van der Waals surface area contributed by atoms with Gasteiger partial charge in [-0.3, -0.25) is 19.2 Å². The van der Waals surface area contributed by atoms with Crippen LogP contribution in [0.1, 0.15) is 37.9 Å². The summed E-state index contributed by atoms with van der Waals surface area (Å²) in [5.74, 6) is -4.38. The minimum atomic E-state index is -2.05. The van der Waals surface area contributed by atoms with Crippen LogP contribution in [0, 0.1) is 22.3 Å². The number of nitrogens with zero attached hydrogens (tertiary/aromatic N) is 1. The lowest BCUT2D eigenvalue weighted by atomic mass is 9.77. The predicted molar refractivity (Wildman–Crippen MR) is 131 cm³/mol. The van der Waals surface area contributed by atoms with Gasteiger partial charge in [0.05, 0.1) is 23.6 Å². The van der Waals surface area contributed by atoms with E-state index in [1.807, 2.05) is 37.3 Å². The number of hydrogen-bond acceptors (Lipinski definition) is 5. The van der Waals surface area contributed by atoms with Crippen LogP contribution in [-0.4, -0.2) is 29.0 Å². The van der Waals surface area contributed by atoms with Crippen LogP contribution in [-0.2, 0) is 14.3 Å². The van der Waals surface area contributed by atoms with Crippen molar-refractivity contribution < 1.29 is 23.9 Å². The number of para-hydroxylation sites is 1. The summed E-state index contributed by atoms with van der Waals surface area (Å²) in [5, 5.41) is 0. The third kappa shape index (κ3) is 2.65. The molecule has 1 spiro atoms. The number of amides is 2. The highest BCUT2D eigenvalue weighted by Gasteiger charge is 2.74. The molecule has 6 rings (SSSR count). The lowest BCUT2D eigenvalue weighted by Crippen LogP contribution is -2.51. The summed E-state index contributed by atoms with van der Waals surface area (Å²) in [6.45, 7) is 1.94. The summed E-state index contributed by atoms with van der Waals surface area (Å²) < 4.78 is 7.01. The van der Waals surface area contributed by atoms with Gasteiger partial charge in [0.1, 0.15) is 0 Å². The number of anilines is 1. The van der Waals surface area contributed by atoms with Crippen LogP contribution in [0.3, 0.4) is 0 Å². The zero-order valence-electron chi connectivity index (χ0n) is 18.0. The molecule has 0 saturated carbocycles. The number of hydrogen-bond donors (Lipinski definition) is 0. The average molecular weight is 563 g/mol. The molecule has 2 heterocycles. The van der Waals surface area contributed by atoms with Crippen molar-refractivity contribution in [2.45, 2.75) is 18.6 Å². The highest BCUT2D eigenvalue weighted by molar-refractivity contribution is 14.1. The molecule has 2 fully saturated rings. The molecule has 2 saturated heterocycles. The van der Waals surface area contributed by atoms with Gasteiger partial charge >= 0.3 is 0 Å². The molecule has 3 aliphatic rings. The van der Waals surface area contributed by atoms with Gasteiger partial charge in [0.25, 0.3) is 0 Å². The molecule has 0 aromatic heterocycles. The predicted octanol–water partition coefficient (Wildman–Crippen LogP) is 4.29. The molecule has 6 nitrogen and oxygen atoms in total. The van der Waals surface area contributed by atoms with Crippen LogP contribution < -0.4 is 4.90 Å². The van der Waals surface area contributed by atoms with Crippen LogP contribution in [0.2, 0.25) is 0 Å². The van der Waals surface area contributed by atoms with E-state index in [1.165, 1.54) is 0 Å². The number of aryl methyl sites for hydroxylation is 1. The molecule has 3 aromatic rings. The molecule has 0 bridgehead atoms. The van der Waals surface area contributed by atoms with E-state index in [0.717, 1.165) is 14.0 Å². The fourth-order valence-electron chi connectivity index (χ4n) is 5.44. The van der Waals surface area contributed by atoms with Gasteiger partial charge in [-0.2, -0.15) is 0 Å². The number of rotatable bonds is 2. The smallest absolute Gasteiger partial charge is 0.241 e. The molecule has 3 aromatic carbocycles. The maximum Gasteiger partial charge on any atom is 0.241 e. The van der Waals surface area contributed by atoms with Gasteiger partial charge in [-0.25, -0.2) is 4.90 Å². The minimum absolute atomic E-state index is 0.226. The fourth-order valence-corrected chi connectivity index (χ4v) is 6.07. The molecule has 2 amide bonds. The van der Waals surface area contributed by atoms with E-state index in [0.29, 0.717) is 11.3 Å². The highest BCUT2D eigenvalue weighted by Crippen LogP contribution is 2.57. The van der Waals surface area contributed by atoms with Gasteiger partial charge in [0.15, 0.2) is 0 Å². The number of carbonyl (C=O) groups excluding carboxylic acids is 4. The molecular weight excluding hydrogens is 545 g/mol. The number of imide groups is 1. The Morgan fingerprint density at radius 3 is 2.00 bits per heavy atom. The van der Waals surface area contributed by atoms with Crippen molar-refractivity contribution in [2.24, 2.45) is 11.8 Å². The minimum Gasteiger partial charge on any atom is -0.349 e. The molecule has 34 heavy (non-hydrogen) atoms. The first kappa shape index (κ1) is 21.4. The van der Waals surface area contributed by atoms with Gasteiger partial charge in [-0.05, 0) is 47.2 Å². The maximum atomic E-state index is 13.9.